The quantitative estimate of drug-likeness (QED) is 0.825. The van der Waals surface area contributed by atoms with Gasteiger partial charge in [0.25, 0.3) is 0 Å². The molecule has 0 spiro atoms. The Labute approximate surface area is 98.2 Å². The van der Waals surface area contributed by atoms with Gasteiger partial charge in [0.05, 0.1) is 0 Å². The van der Waals surface area contributed by atoms with Gasteiger partial charge in [-0.3, -0.25) is 0 Å². The molecule has 1 rings (SSSR count). The third-order valence-corrected chi connectivity index (χ3v) is 2.24. The second-order valence-electron chi connectivity index (χ2n) is 3.18. The molecule has 1 aromatic rings. The van der Waals surface area contributed by atoms with Gasteiger partial charge in [0.1, 0.15) is 0 Å². The largest absolute Gasteiger partial charge is 0.351 e. The minimum Gasteiger partial charge on any atom is -0.351 e. The molecular weight excluding hydrogens is 230 g/mol. The monoisotopic (exact) mass is 241 g/mol. The number of urea groups is 2. The van der Waals surface area contributed by atoms with E-state index in [1.165, 1.54) is 7.05 Å². The molecule has 0 heterocycles. The first-order valence-electron chi connectivity index (χ1n) is 4.56. The van der Waals surface area contributed by atoms with Crippen molar-refractivity contribution in [3.63, 3.8) is 0 Å². The number of benzene rings is 1. The van der Waals surface area contributed by atoms with Gasteiger partial charge in [-0.1, -0.05) is 23.7 Å². The Hall–Kier alpha value is -1.75. The number of imide groups is 1. The lowest BCUT2D eigenvalue weighted by atomic mass is 10.2. The Morgan fingerprint density at radius 1 is 1.38 bits per heavy atom. The van der Waals surface area contributed by atoms with Crippen molar-refractivity contribution in [1.82, 2.24) is 10.2 Å². The van der Waals surface area contributed by atoms with Crippen LogP contribution in [0.2, 0.25) is 5.02 Å². The molecule has 16 heavy (non-hydrogen) atoms. The highest BCUT2D eigenvalue weighted by Gasteiger charge is 2.12. The van der Waals surface area contributed by atoms with Gasteiger partial charge >= 0.3 is 12.1 Å². The minimum atomic E-state index is -0.798. The number of carbonyl (C=O) groups excluding carboxylic acids is 2. The lowest BCUT2D eigenvalue weighted by Crippen LogP contribution is -2.43. The van der Waals surface area contributed by atoms with E-state index in [9.17, 15) is 9.59 Å². The average Bonchev–Trinajstić information content (AvgIpc) is 2.26. The van der Waals surface area contributed by atoms with Gasteiger partial charge in [-0.25, -0.2) is 14.5 Å². The standard InChI is InChI=1S/C10H12ClN3O2/c1-14(9(12)15)10(16)13-6-7-2-4-8(11)5-3-7/h2-5H,6H2,1H3,(H2,12,15)(H,13,16). The molecule has 0 aliphatic carbocycles. The van der Waals surface area contributed by atoms with Crippen molar-refractivity contribution in [2.45, 2.75) is 6.54 Å². The summed E-state index contributed by atoms with van der Waals surface area (Å²) < 4.78 is 0. The molecule has 0 atom stereocenters. The fourth-order valence-electron chi connectivity index (χ4n) is 0.999. The molecule has 4 amide bonds. The van der Waals surface area contributed by atoms with Crippen molar-refractivity contribution in [2.24, 2.45) is 5.73 Å². The van der Waals surface area contributed by atoms with E-state index in [4.69, 9.17) is 17.3 Å². The molecule has 86 valence electrons. The molecule has 0 saturated carbocycles. The zero-order valence-electron chi connectivity index (χ0n) is 8.74. The summed E-state index contributed by atoms with van der Waals surface area (Å²) in [5.74, 6) is 0. The van der Waals surface area contributed by atoms with Crippen molar-refractivity contribution in [3.05, 3.63) is 34.9 Å². The van der Waals surface area contributed by atoms with Crippen LogP contribution in [0.3, 0.4) is 0 Å². The van der Waals surface area contributed by atoms with Crippen LogP contribution in [-0.2, 0) is 6.54 Å². The molecule has 0 aromatic heterocycles. The number of amides is 4. The van der Waals surface area contributed by atoms with E-state index in [0.717, 1.165) is 10.5 Å². The fourth-order valence-corrected chi connectivity index (χ4v) is 1.12. The number of primary amides is 1. The van der Waals surface area contributed by atoms with E-state index in [1.54, 1.807) is 24.3 Å². The predicted octanol–water partition coefficient (Wildman–Crippen LogP) is 1.56. The number of hydrogen-bond donors (Lipinski definition) is 2. The van der Waals surface area contributed by atoms with E-state index < -0.39 is 12.1 Å². The molecule has 0 bridgehead atoms. The van der Waals surface area contributed by atoms with Crippen LogP contribution in [0.25, 0.3) is 0 Å². The smallest absolute Gasteiger partial charge is 0.325 e. The number of rotatable bonds is 2. The summed E-state index contributed by atoms with van der Waals surface area (Å²) in [4.78, 5) is 22.8. The van der Waals surface area contributed by atoms with E-state index >= 15 is 0 Å². The van der Waals surface area contributed by atoms with Gasteiger partial charge in [-0.05, 0) is 17.7 Å². The van der Waals surface area contributed by atoms with E-state index in [2.05, 4.69) is 5.32 Å². The first-order chi connectivity index (χ1) is 7.50. The molecule has 0 unspecified atom stereocenters. The Balaban J connectivity index is 2.49. The topological polar surface area (TPSA) is 75.4 Å². The van der Waals surface area contributed by atoms with Crippen molar-refractivity contribution in [2.75, 3.05) is 7.05 Å². The zero-order chi connectivity index (χ0) is 12.1. The van der Waals surface area contributed by atoms with Crippen LogP contribution in [0, 0.1) is 0 Å². The number of hydrogen-bond acceptors (Lipinski definition) is 2. The van der Waals surface area contributed by atoms with Gasteiger partial charge in [0.15, 0.2) is 0 Å². The van der Waals surface area contributed by atoms with Crippen molar-refractivity contribution >= 4 is 23.7 Å². The second kappa shape index (κ2) is 5.37. The van der Waals surface area contributed by atoms with Crippen LogP contribution in [-0.4, -0.2) is 24.0 Å². The van der Waals surface area contributed by atoms with Gasteiger partial charge in [0, 0.05) is 18.6 Å². The molecule has 1 aromatic carbocycles. The SMILES string of the molecule is CN(C(N)=O)C(=O)NCc1ccc(Cl)cc1. The van der Waals surface area contributed by atoms with Crippen molar-refractivity contribution in [1.29, 1.82) is 0 Å². The highest BCUT2D eigenvalue weighted by atomic mass is 35.5. The Morgan fingerprint density at radius 3 is 2.44 bits per heavy atom. The summed E-state index contributed by atoms with van der Waals surface area (Å²) in [6.07, 6.45) is 0. The first kappa shape index (κ1) is 12.3. The number of nitrogens with two attached hydrogens (primary N) is 1. The van der Waals surface area contributed by atoms with Crippen LogP contribution in [0.15, 0.2) is 24.3 Å². The molecule has 5 nitrogen and oxygen atoms in total. The van der Waals surface area contributed by atoms with Gasteiger partial charge in [0.2, 0.25) is 0 Å². The van der Waals surface area contributed by atoms with Crippen molar-refractivity contribution < 1.29 is 9.59 Å². The zero-order valence-corrected chi connectivity index (χ0v) is 9.49. The van der Waals surface area contributed by atoms with Crippen LogP contribution < -0.4 is 11.1 Å². The fraction of sp³-hybridized carbons (Fsp3) is 0.200. The summed E-state index contributed by atoms with van der Waals surface area (Å²) in [7, 11) is 1.31. The lowest BCUT2D eigenvalue weighted by Gasteiger charge is -2.13. The lowest BCUT2D eigenvalue weighted by molar-refractivity contribution is 0.199. The van der Waals surface area contributed by atoms with Gasteiger partial charge < -0.3 is 11.1 Å². The molecule has 0 aliphatic heterocycles. The summed E-state index contributed by atoms with van der Waals surface area (Å²) in [5.41, 5.74) is 5.82. The van der Waals surface area contributed by atoms with Gasteiger partial charge in [-0.2, -0.15) is 0 Å². The number of halogens is 1. The average molecular weight is 242 g/mol. The van der Waals surface area contributed by atoms with E-state index in [0.29, 0.717) is 11.6 Å². The maximum absolute atomic E-state index is 11.3. The van der Waals surface area contributed by atoms with Gasteiger partial charge in [-0.15, -0.1) is 0 Å². The minimum absolute atomic E-state index is 0.313. The number of nitrogens with zero attached hydrogens (tertiary/aromatic N) is 1. The highest BCUT2D eigenvalue weighted by molar-refractivity contribution is 6.30. The summed E-state index contributed by atoms with van der Waals surface area (Å²) in [6.45, 7) is 0.313. The van der Waals surface area contributed by atoms with Crippen LogP contribution in [0.4, 0.5) is 9.59 Å². The maximum atomic E-state index is 11.3. The highest BCUT2D eigenvalue weighted by Crippen LogP contribution is 2.09. The predicted molar refractivity (Wildman–Crippen MR) is 61.0 cm³/mol. The summed E-state index contributed by atoms with van der Waals surface area (Å²) >= 11 is 5.71. The van der Waals surface area contributed by atoms with E-state index in [1.807, 2.05) is 0 Å². The van der Waals surface area contributed by atoms with Crippen molar-refractivity contribution in [3.8, 4) is 0 Å². The Kier molecular flexibility index (Phi) is 4.13. The molecule has 0 radical (unpaired) electrons. The number of carbonyl (C=O) groups is 2. The maximum Gasteiger partial charge on any atom is 0.325 e. The molecule has 3 N–H and O–H groups in total. The van der Waals surface area contributed by atoms with Crippen LogP contribution in [0.5, 0.6) is 0 Å². The van der Waals surface area contributed by atoms with Crippen LogP contribution >= 0.6 is 11.6 Å². The molecule has 0 aliphatic rings. The third-order valence-electron chi connectivity index (χ3n) is 1.99. The second-order valence-corrected chi connectivity index (χ2v) is 3.62. The normalized spacial score (nSPS) is 9.62. The summed E-state index contributed by atoms with van der Waals surface area (Å²) in [6, 6.07) is 5.68. The molecule has 0 fully saturated rings. The summed E-state index contributed by atoms with van der Waals surface area (Å²) in [5, 5.41) is 3.17. The molecule has 6 heteroatoms. The Morgan fingerprint density at radius 2 is 1.94 bits per heavy atom. The Bertz CT molecular complexity index is 392. The molecular formula is C10H12ClN3O2. The number of nitrogens with one attached hydrogen (secondary N) is 1. The van der Waals surface area contributed by atoms with E-state index in [-0.39, 0.29) is 0 Å². The van der Waals surface area contributed by atoms with Crippen LogP contribution in [0.1, 0.15) is 5.56 Å². The molecule has 0 saturated heterocycles. The first-order valence-corrected chi connectivity index (χ1v) is 4.94. The third kappa shape index (κ3) is 3.43.